The Morgan fingerprint density at radius 2 is 2.19 bits per heavy atom. The van der Waals surface area contributed by atoms with Gasteiger partial charge in [-0.05, 0) is 37.1 Å². The molecule has 21 heavy (non-hydrogen) atoms. The molecule has 0 radical (unpaired) electrons. The highest BCUT2D eigenvalue weighted by atomic mass is 32.1. The molecule has 1 amide bonds. The molecule has 0 spiro atoms. The Balaban J connectivity index is 1.74. The summed E-state index contributed by atoms with van der Waals surface area (Å²) in [5.74, 6) is 1.11. The first-order valence-electron chi connectivity index (χ1n) is 8.26. The molecular formula is C17H26N2OS. The van der Waals surface area contributed by atoms with Gasteiger partial charge in [0.15, 0.2) is 0 Å². The van der Waals surface area contributed by atoms with E-state index in [-0.39, 0.29) is 12.1 Å². The molecule has 1 N–H and O–H groups in total. The lowest BCUT2D eigenvalue weighted by Gasteiger charge is -2.24. The van der Waals surface area contributed by atoms with E-state index in [1.165, 1.54) is 30.6 Å². The van der Waals surface area contributed by atoms with E-state index in [1.807, 2.05) is 6.92 Å². The molecule has 1 aliphatic heterocycles. The van der Waals surface area contributed by atoms with Crippen molar-refractivity contribution in [2.75, 3.05) is 6.54 Å². The summed E-state index contributed by atoms with van der Waals surface area (Å²) in [7, 11) is 0. The van der Waals surface area contributed by atoms with Crippen LogP contribution in [-0.2, 0) is 4.79 Å². The summed E-state index contributed by atoms with van der Waals surface area (Å²) in [4.78, 5) is 16.2. The summed E-state index contributed by atoms with van der Waals surface area (Å²) in [6, 6.07) is 4.21. The van der Waals surface area contributed by atoms with Crippen LogP contribution in [0.5, 0.6) is 0 Å². The normalized spacial score (nSPS) is 30.5. The predicted molar refractivity (Wildman–Crippen MR) is 87.2 cm³/mol. The maximum atomic E-state index is 12.8. The van der Waals surface area contributed by atoms with Gasteiger partial charge in [0.25, 0.3) is 0 Å². The standard InChI is InChI=1S/C17H26N2OS/c1-3-17(2)16(20)19(11-10-13-7-4-5-8-13)15(18-17)14-9-6-12-21-14/h6,9,12-13,15,18H,3-5,7-8,10-11H2,1-2H3. The lowest BCUT2D eigenvalue weighted by molar-refractivity contribution is -0.133. The number of hydrogen-bond donors (Lipinski definition) is 1. The molecule has 2 unspecified atom stereocenters. The first kappa shape index (κ1) is 15.0. The van der Waals surface area contributed by atoms with Crippen LogP contribution in [-0.4, -0.2) is 22.9 Å². The zero-order chi connectivity index (χ0) is 14.9. The molecule has 2 heterocycles. The first-order valence-corrected chi connectivity index (χ1v) is 9.14. The third-order valence-corrected chi connectivity index (χ3v) is 6.20. The predicted octanol–water partition coefficient (Wildman–Crippen LogP) is 3.93. The number of nitrogens with zero attached hydrogens (tertiary/aromatic N) is 1. The van der Waals surface area contributed by atoms with Gasteiger partial charge in [0.1, 0.15) is 6.17 Å². The summed E-state index contributed by atoms with van der Waals surface area (Å²) >= 11 is 1.74. The van der Waals surface area contributed by atoms with Crippen molar-refractivity contribution in [3.8, 4) is 0 Å². The first-order chi connectivity index (χ1) is 10.1. The zero-order valence-corrected chi connectivity index (χ0v) is 13.9. The summed E-state index contributed by atoms with van der Waals surface area (Å²) in [6.45, 7) is 5.04. The minimum Gasteiger partial charge on any atom is -0.320 e. The second-order valence-corrected chi connectivity index (χ2v) is 7.66. The van der Waals surface area contributed by atoms with Crippen LogP contribution in [0.15, 0.2) is 17.5 Å². The van der Waals surface area contributed by atoms with Gasteiger partial charge in [0, 0.05) is 11.4 Å². The van der Waals surface area contributed by atoms with Gasteiger partial charge < -0.3 is 4.90 Å². The molecule has 1 saturated heterocycles. The highest BCUT2D eigenvalue weighted by Gasteiger charge is 2.47. The smallest absolute Gasteiger partial charge is 0.244 e. The number of carbonyl (C=O) groups is 1. The van der Waals surface area contributed by atoms with Crippen LogP contribution in [0.4, 0.5) is 0 Å². The van der Waals surface area contributed by atoms with E-state index in [4.69, 9.17) is 0 Å². The Labute approximate surface area is 131 Å². The molecule has 1 aliphatic carbocycles. The molecule has 2 aliphatic rings. The average Bonchev–Trinajstić information content (AvgIpc) is 3.21. The largest absolute Gasteiger partial charge is 0.320 e. The number of thiophene rings is 1. The number of nitrogens with one attached hydrogen (secondary N) is 1. The van der Waals surface area contributed by atoms with Crippen molar-refractivity contribution in [3.63, 3.8) is 0 Å². The molecule has 3 nitrogen and oxygen atoms in total. The van der Waals surface area contributed by atoms with Gasteiger partial charge in [0.2, 0.25) is 5.91 Å². The molecule has 3 rings (SSSR count). The second kappa shape index (κ2) is 6.09. The minimum atomic E-state index is -0.398. The molecule has 4 heteroatoms. The van der Waals surface area contributed by atoms with Gasteiger partial charge in [0.05, 0.1) is 5.54 Å². The van der Waals surface area contributed by atoms with Gasteiger partial charge in [-0.1, -0.05) is 38.7 Å². The van der Waals surface area contributed by atoms with Crippen LogP contribution in [0.3, 0.4) is 0 Å². The average molecular weight is 306 g/mol. The van der Waals surface area contributed by atoms with Crippen LogP contribution < -0.4 is 5.32 Å². The molecular weight excluding hydrogens is 280 g/mol. The molecule has 0 bridgehead atoms. The summed E-state index contributed by atoms with van der Waals surface area (Å²) in [6.07, 6.45) is 7.52. The number of amides is 1. The Bertz CT molecular complexity index is 481. The van der Waals surface area contributed by atoms with Crippen molar-refractivity contribution < 1.29 is 4.79 Å². The van der Waals surface area contributed by atoms with Gasteiger partial charge in [-0.3, -0.25) is 10.1 Å². The van der Waals surface area contributed by atoms with E-state index in [2.05, 4.69) is 34.7 Å². The van der Waals surface area contributed by atoms with Gasteiger partial charge >= 0.3 is 0 Å². The molecule has 2 fully saturated rings. The number of rotatable bonds is 5. The van der Waals surface area contributed by atoms with Gasteiger partial charge in [-0.2, -0.15) is 0 Å². The van der Waals surface area contributed by atoms with Crippen LogP contribution >= 0.6 is 11.3 Å². The highest BCUT2D eigenvalue weighted by Crippen LogP contribution is 2.36. The summed E-state index contributed by atoms with van der Waals surface area (Å²) in [5.41, 5.74) is -0.398. The molecule has 2 atom stereocenters. The quantitative estimate of drug-likeness (QED) is 0.894. The topological polar surface area (TPSA) is 32.3 Å². The monoisotopic (exact) mass is 306 g/mol. The Morgan fingerprint density at radius 3 is 2.81 bits per heavy atom. The van der Waals surface area contributed by atoms with Crippen molar-refractivity contribution in [2.24, 2.45) is 5.92 Å². The van der Waals surface area contributed by atoms with Crippen LogP contribution in [0.25, 0.3) is 0 Å². The fourth-order valence-corrected chi connectivity index (χ4v) is 4.44. The van der Waals surface area contributed by atoms with Crippen molar-refractivity contribution in [2.45, 2.75) is 64.1 Å². The lowest BCUT2D eigenvalue weighted by Crippen LogP contribution is -2.43. The maximum absolute atomic E-state index is 12.8. The fourth-order valence-electron chi connectivity index (χ4n) is 3.65. The van der Waals surface area contributed by atoms with E-state index in [9.17, 15) is 4.79 Å². The van der Waals surface area contributed by atoms with Crippen LogP contribution in [0.2, 0.25) is 0 Å². The van der Waals surface area contributed by atoms with Gasteiger partial charge in [-0.25, -0.2) is 0 Å². The summed E-state index contributed by atoms with van der Waals surface area (Å²) < 4.78 is 0. The number of carbonyl (C=O) groups excluding carboxylic acids is 1. The SMILES string of the molecule is CCC1(C)NC(c2cccs2)N(CCC2CCCC2)C1=O. The molecule has 116 valence electrons. The lowest BCUT2D eigenvalue weighted by atomic mass is 9.99. The number of hydrogen-bond acceptors (Lipinski definition) is 3. The minimum absolute atomic E-state index is 0.0730. The Hall–Kier alpha value is -0.870. The second-order valence-electron chi connectivity index (χ2n) is 6.69. The molecule has 1 aromatic rings. The maximum Gasteiger partial charge on any atom is 0.244 e. The van der Waals surface area contributed by atoms with E-state index in [0.717, 1.165) is 25.3 Å². The zero-order valence-electron chi connectivity index (χ0n) is 13.1. The Kier molecular flexibility index (Phi) is 4.36. The van der Waals surface area contributed by atoms with Crippen molar-refractivity contribution in [1.82, 2.24) is 10.2 Å². The van der Waals surface area contributed by atoms with Crippen LogP contribution in [0, 0.1) is 5.92 Å². The molecule has 1 saturated carbocycles. The molecule has 1 aromatic heterocycles. The highest BCUT2D eigenvalue weighted by molar-refractivity contribution is 7.10. The van der Waals surface area contributed by atoms with E-state index >= 15 is 0 Å². The van der Waals surface area contributed by atoms with Gasteiger partial charge in [-0.15, -0.1) is 11.3 Å². The van der Waals surface area contributed by atoms with Crippen molar-refractivity contribution in [3.05, 3.63) is 22.4 Å². The fraction of sp³-hybridized carbons (Fsp3) is 0.706. The van der Waals surface area contributed by atoms with E-state index in [1.54, 1.807) is 11.3 Å². The molecule has 0 aromatic carbocycles. The van der Waals surface area contributed by atoms with Crippen LogP contribution in [0.1, 0.15) is 63.4 Å². The third-order valence-electron chi connectivity index (χ3n) is 5.27. The summed E-state index contributed by atoms with van der Waals surface area (Å²) in [5, 5.41) is 5.68. The van der Waals surface area contributed by atoms with Crippen molar-refractivity contribution in [1.29, 1.82) is 0 Å². The van der Waals surface area contributed by atoms with E-state index in [0.29, 0.717) is 0 Å². The van der Waals surface area contributed by atoms with E-state index < -0.39 is 5.54 Å². The third kappa shape index (κ3) is 2.88. The Morgan fingerprint density at radius 1 is 1.43 bits per heavy atom. The van der Waals surface area contributed by atoms with Crippen molar-refractivity contribution >= 4 is 17.2 Å².